The average molecular weight is 134 g/mol. The topological polar surface area (TPSA) is 56.5 Å². The molecule has 0 aromatic rings. The highest BCUT2D eigenvalue weighted by Gasteiger charge is 1.82. The molecule has 0 aliphatic rings. The van der Waals surface area contributed by atoms with Gasteiger partial charge in [-0.2, -0.15) is 5.48 Å². The molecule has 0 spiro atoms. The van der Waals surface area contributed by atoms with Crippen LogP contribution in [0.4, 0.5) is 0 Å². The summed E-state index contributed by atoms with van der Waals surface area (Å²) in [7, 11) is 1.60. The molecule has 0 aromatic carbocycles. The SMILES string of the molecule is COCNOCCCN. The van der Waals surface area contributed by atoms with Crippen molar-refractivity contribution in [2.75, 3.05) is 27.0 Å². The number of rotatable bonds is 6. The first kappa shape index (κ1) is 8.84. The summed E-state index contributed by atoms with van der Waals surface area (Å²) in [4.78, 5) is 4.86. The van der Waals surface area contributed by atoms with Gasteiger partial charge in [0.25, 0.3) is 0 Å². The molecule has 0 bridgehead atoms. The van der Waals surface area contributed by atoms with Gasteiger partial charge in [-0.25, -0.2) is 0 Å². The molecule has 0 unspecified atom stereocenters. The van der Waals surface area contributed by atoms with Crippen molar-refractivity contribution in [3.8, 4) is 0 Å². The van der Waals surface area contributed by atoms with E-state index in [0.717, 1.165) is 6.42 Å². The maximum absolute atomic E-state index is 5.20. The zero-order valence-corrected chi connectivity index (χ0v) is 5.72. The van der Waals surface area contributed by atoms with Crippen LogP contribution in [0.5, 0.6) is 0 Å². The molecule has 4 nitrogen and oxygen atoms in total. The van der Waals surface area contributed by atoms with E-state index in [-0.39, 0.29) is 0 Å². The van der Waals surface area contributed by atoms with Crippen molar-refractivity contribution in [3.63, 3.8) is 0 Å². The lowest BCUT2D eigenvalue weighted by atomic mass is 10.5. The minimum absolute atomic E-state index is 0.421. The van der Waals surface area contributed by atoms with Crippen molar-refractivity contribution in [2.45, 2.75) is 6.42 Å². The Morgan fingerprint density at radius 2 is 2.33 bits per heavy atom. The van der Waals surface area contributed by atoms with Crippen LogP contribution < -0.4 is 11.2 Å². The largest absolute Gasteiger partial charge is 0.367 e. The molecule has 0 aliphatic carbocycles. The van der Waals surface area contributed by atoms with Crippen molar-refractivity contribution < 1.29 is 9.57 Å². The van der Waals surface area contributed by atoms with Gasteiger partial charge in [-0.3, -0.25) is 4.84 Å². The number of methoxy groups -OCH3 is 1. The van der Waals surface area contributed by atoms with Gasteiger partial charge in [0.1, 0.15) is 6.73 Å². The quantitative estimate of drug-likeness (QED) is 0.291. The second-order valence-corrected chi connectivity index (χ2v) is 1.57. The van der Waals surface area contributed by atoms with Crippen LogP contribution >= 0.6 is 0 Å². The van der Waals surface area contributed by atoms with Crippen LogP contribution in [-0.2, 0) is 9.57 Å². The molecular formula is C5H14N2O2. The summed E-state index contributed by atoms with van der Waals surface area (Å²) in [6.07, 6.45) is 0.872. The molecule has 0 atom stereocenters. The third-order valence-electron chi connectivity index (χ3n) is 0.756. The Morgan fingerprint density at radius 3 is 2.89 bits per heavy atom. The molecule has 56 valence electrons. The molecule has 0 saturated heterocycles. The highest BCUT2D eigenvalue weighted by molar-refractivity contribution is 4.31. The molecule has 4 heteroatoms. The van der Waals surface area contributed by atoms with Crippen molar-refractivity contribution in [3.05, 3.63) is 0 Å². The molecular weight excluding hydrogens is 120 g/mol. The summed E-state index contributed by atoms with van der Waals surface area (Å²) >= 11 is 0. The first-order chi connectivity index (χ1) is 4.41. The molecule has 0 heterocycles. The molecule has 0 rings (SSSR count). The average Bonchev–Trinajstić information content (AvgIpc) is 1.89. The third kappa shape index (κ3) is 7.84. The molecule has 0 radical (unpaired) electrons. The fourth-order valence-corrected chi connectivity index (χ4v) is 0.328. The predicted molar refractivity (Wildman–Crippen MR) is 34.6 cm³/mol. The summed E-state index contributed by atoms with van der Waals surface area (Å²) in [6.45, 7) is 1.72. The first-order valence-electron chi connectivity index (χ1n) is 2.95. The highest BCUT2D eigenvalue weighted by Crippen LogP contribution is 1.73. The van der Waals surface area contributed by atoms with Gasteiger partial charge in [0.05, 0.1) is 6.61 Å². The number of hydrogen-bond acceptors (Lipinski definition) is 4. The number of nitrogens with one attached hydrogen (secondary N) is 1. The zero-order valence-electron chi connectivity index (χ0n) is 5.72. The lowest BCUT2D eigenvalue weighted by Gasteiger charge is -2.01. The summed E-state index contributed by atoms with van der Waals surface area (Å²) < 4.78 is 4.65. The summed E-state index contributed by atoms with van der Waals surface area (Å²) in [5.74, 6) is 0. The van der Waals surface area contributed by atoms with E-state index in [1.165, 1.54) is 0 Å². The Bertz CT molecular complexity index is 46.2. The van der Waals surface area contributed by atoms with Gasteiger partial charge < -0.3 is 10.5 Å². The van der Waals surface area contributed by atoms with Gasteiger partial charge in [0, 0.05) is 7.11 Å². The second kappa shape index (κ2) is 7.84. The number of ether oxygens (including phenoxy) is 1. The van der Waals surface area contributed by atoms with Gasteiger partial charge in [0.15, 0.2) is 0 Å². The Hall–Kier alpha value is -0.160. The van der Waals surface area contributed by atoms with Crippen LogP contribution in [0, 0.1) is 0 Å². The molecule has 0 amide bonds. The van der Waals surface area contributed by atoms with Crippen LogP contribution in [0.15, 0.2) is 0 Å². The number of nitrogens with two attached hydrogens (primary N) is 1. The number of hydroxylamine groups is 1. The minimum Gasteiger partial charge on any atom is -0.367 e. The van der Waals surface area contributed by atoms with Crippen LogP contribution in [-0.4, -0.2) is 27.0 Å². The summed E-state index contributed by atoms with van der Waals surface area (Å²) in [6, 6.07) is 0. The Labute approximate surface area is 55.3 Å². The van der Waals surface area contributed by atoms with Crippen LogP contribution in [0.25, 0.3) is 0 Å². The van der Waals surface area contributed by atoms with Gasteiger partial charge >= 0.3 is 0 Å². The van der Waals surface area contributed by atoms with Gasteiger partial charge in [-0.05, 0) is 13.0 Å². The maximum Gasteiger partial charge on any atom is 0.119 e. The van der Waals surface area contributed by atoms with Crippen molar-refractivity contribution in [1.82, 2.24) is 5.48 Å². The van der Waals surface area contributed by atoms with Crippen LogP contribution in [0.2, 0.25) is 0 Å². The third-order valence-corrected chi connectivity index (χ3v) is 0.756. The Morgan fingerprint density at radius 1 is 1.56 bits per heavy atom. The lowest BCUT2D eigenvalue weighted by molar-refractivity contribution is -0.0194. The van der Waals surface area contributed by atoms with E-state index < -0.39 is 0 Å². The van der Waals surface area contributed by atoms with Crippen molar-refractivity contribution >= 4 is 0 Å². The number of hydrogen-bond donors (Lipinski definition) is 2. The van der Waals surface area contributed by atoms with E-state index in [2.05, 4.69) is 10.2 Å². The van der Waals surface area contributed by atoms with E-state index in [0.29, 0.717) is 19.9 Å². The van der Waals surface area contributed by atoms with Crippen molar-refractivity contribution in [1.29, 1.82) is 0 Å². The monoisotopic (exact) mass is 134 g/mol. The van der Waals surface area contributed by atoms with Crippen molar-refractivity contribution in [2.24, 2.45) is 5.73 Å². The second-order valence-electron chi connectivity index (χ2n) is 1.57. The predicted octanol–water partition coefficient (Wildman–Crippen LogP) is -0.540. The fraction of sp³-hybridized carbons (Fsp3) is 1.00. The Kier molecular flexibility index (Phi) is 7.70. The van der Waals surface area contributed by atoms with E-state index in [4.69, 9.17) is 10.6 Å². The zero-order chi connectivity index (χ0) is 6.95. The fourth-order valence-electron chi connectivity index (χ4n) is 0.328. The molecule has 0 fully saturated rings. The van der Waals surface area contributed by atoms with E-state index in [1.807, 2.05) is 0 Å². The van der Waals surface area contributed by atoms with Crippen LogP contribution in [0.1, 0.15) is 6.42 Å². The molecule has 0 aliphatic heterocycles. The van der Waals surface area contributed by atoms with E-state index in [9.17, 15) is 0 Å². The lowest BCUT2D eigenvalue weighted by Crippen LogP contribution is -2.19. The smallest absolute Gasteiger partial charge is 0.119 e. The molecule has 9 heavy (non-hydrogen) atoms. The minimum atomic E-state index is 0.421. The molecule has 0 aromatic heterocycles. The standard InChI is InChI=1S/C5H14N2O2/c1-8-5-7-9-4-2-3-6/h7H,2-6H2,1H3. The van der Waals surface area contributed by atoms with E-state index >= 15 is 0 Å². The van der Waals surface area contributed by atoms with Gasteiger partial charge in [-0.15, -0.1) is 0 Å². The normalized spacial score (nSPS) is 10.0. The molecule has 3 N–H and O–H groups in total. The first-order valence-corrected chi connectivity index (χ1v) is 2.95. The highest BCUT2D eigenvalue weighted by atomic mass is 16.7. The molecule has 0 saturated carbocycles. The van der Waals surface area contributed by atoms with Crippen LogP contribution in [0.3, 0.4) is 0 Å². The maximum atomic E-state index is 5.20. The Balaban J connectivity index is 2.60. The summed E-state index contributed by atoms with van der Waals surface area (Å²) in [5.41, 5.74) is 7.80. The summed E-state index contributed by atoms with van der Waals surface area (Å²) in [5, 5.41) is 0. The van der Waals surface area contributed by atoms with Gasteiger partial charge in [0.2, 0.25) is 0 Å². The van der Waals surface area contributed by atoms with E-state index in [1.54, 1.807) is 7.11 Å². The van der Waals surface area contributed by atoms with Gasteiger partial charge in [-0.1, -0.05) is 0 Å².